The minimum Gasteiger partial charge on any atom is -0.375 e. The highest BCUT2D eigenvalue weighted by molar-refractivity contribution is 7.15. The van der Waals surface area contributed by atoms with Crippen LogP contribution in [-0.2, 0) is 11.3 Å². The Balaban J connectivity index is 1.84. The highest BCUT2D eigenvalue weighted by Crippen LogP contribution is 2.20. The van der Waals surface area contributed by atoms with Gasteiger partial charge in [0.15, 0.2) is 5.13 Å². The van der Waals surface area contributed by atoms with Crippen LogP contribution in [0.3, 0.4) is 0 Å². The molecule has 106 valence electrons. The van der Waals surface area contributed by atoms with E-state index < -0.39 is 0 Å². The van der Waals surface area contributed by atoms with Gasteiger partial charge < -0.3 is 10.6 Å². The first kappa shape index (κ1) is 14.3. The summed E-state index contributed by atoms with van der Waals surface area (Å²) < 4.78 is 0. The molecule has 0 spiro atoms. The first-order valence-corrected chi connectivity index (χ1v) is 7.40. The molecular weight excluding hydrogens is 260 g/mol. The lowest BCUT2D eigenvalue weighted by atomic mass is 9.94. The van der Waals surface area contributed by atoms with Gasteiger partial charge in [0.1, 0.15) is 0 Å². The molecule has 2 heterocycles. The molecule has 0 atom stereocenters. The number of amides is 1. The monoisotopic (exact) mass is 282 g/mol. The zero-order valence-corrected chi connectivity index (χ0v) is 12.7. The Bertz CT molecular complexity index is 444. The molecule has 5 nitrogen and oxygen atoms in total. The molecule has 0 unspecified atom stereocenters. The number of carbonyl (C=O) groups is 1. The van der Waals surface area contributed by atoms with Crippen molar-refractivity contribution in [3.8, 4) is 0 Å². The number of aromatic nitrogens is 1. The number of nitrogen functional groups attached to an aromatic ring is 1. The second-order valence-corrected chi connectivity index (χ2v) is 7.13. The zero-order valence-electron chi connectivity index (χ0n) is 11.8. The van der Waals surface area contributed by atoms with Gasteiger partial charge in [-0.15, -0.1) is 11.3 Å². The lowest BCUT2D eigenvalue weighted by Gasteiger charge is -2.37. The van der Waals surface area contributed by atoms with Gasteiger partial charge in [-0.25, -0.2) is 4.98 Å². The average Bonchev–Trinajstić information content (AvgIpc) is 2.74. The second kappa shape index (κ2) is 5.46. The van der Waals surface area contributed by atoms with E-state index in [1.165, 1.54) is 16.2 Å². The fourth-order valence-electron chi connectivity index (χ4n) is 2.20. The van der Waals surface area contributed by atoms with Crippen LogP contribution in [0.15, 0.2) is 6.20 Å². The molecule has 6 heteroatoms. The average molecular weight is 282 g/mol. The first-order valence-electron chi connectivity index (χ1n) is 6.58. The Kier molecular flexibility index (Phi) is 4.10. The molecule has 1 aromatic heterocycles. The number of hydrogen-bond donors (Lipinski definition) is 1. The lowest BCUT2D eigenvalue weighted by Crippen LogP contribution is -2.51. The summed E-state index contributed by atoms with van der Waals surface area (Å²) in [5, 5.41) is 0.622. The number of nitrogens with zero attached hydrogens (tertiary/aromatic N) is 3. The summed E-state index contributed by atoms with van der Waals surface area (Å²) >= 11 is 1.54. The van der Waals surface area contributed by atoms with E-state index in [-0.39, 0.29) is 11.3 Å². The summed E-state index contributed by atoms with van der Waals surface area (Å²) in [4.78, 5) is 21.7. The third-order valence-electron chi connectivity index (χ3n) is 3.25. The van der Waals surface area contributed by atoms with Crippen molar-refractivity contribution in [2.24, 2.45) is 5.41 Å². The molecule has 0 radical (unpaired) electrons. The summed E-state index contributed by atoms with van der Waals surface area (Å²) in [7, 11) is 0. The van der Waals surface area contributed by atoms with Gasteiger partial charge in [0, 0.05) is 49.2 Å². The quantitative estimate of drug-likeness (QED) is 0.891. The van der Waals surface area contributed by atoms with E-state index in [9.17, 15) is 4.79 Å². The molecule has 19 heavy (non-hydrogen) atoms. The van der Waals surface area contributed by atoms with E-state index in [0.717, 1.165) is 32.7 Å². The van der Waals surface area contributed by atoms with Gasteiger partial charge in [-0.05, 0) is 0 Å². The summed E-state index contributed by atoms with van der Waals surface area (Å²) in [5.74, 6) is 0.245. The summed E-state index contributed by atoms with van der Waals surface area (Å²) in [6.07, 6.45) is 1.84. The predicted octanol–water partition coefficient (Wildman–Crippen LogP) is 1.42. The maximum absolute atomic E-state index is 12.2. The summed E-state index contributed by atoms with van der Waals surface area (Å²) in [5.41, 5.74) is 5.35. The van der Waals surface area contributed by atoms with Crippen LogP contribution in [0.1, 0.15) is 25.6 Å². The topological polar surface area (TPSA) is 62.5 Å². The van der Waals surface area contributed by atoms with Crippen LogP contribution in [-0.4, -0.2) is 46.9 Å². The van der Waals surface area contributed by atoms with E-state index >= 15 is 0 Å². The fourth-order valence-corrected chi connectivity index (χ4v) is 2.93. The van der Waals surface area contributed by atoms with Gasteiger partial charge in [-0.3, -0.25) is 9.69 Å². The molecule has 2 rings (SSSR count). The van der Waals surface area contributed by atoms with Gasteiger partial charge in [0.25, 0.3) is 0 Å². The Hall–Kier alpha value is -1.14. The standard InChI is InChI=1S/C13H22N4OS/c1-13(2,3)11(18)17-6-4-16(5-7-17)9-10-8-15-12(14)19-10/h8H,4-7,9H2,1-3H3,(H2,14,15). The van der Waals surface area contributed by atoms with Crippen molar-refractivity contribution in [3.05, 3.63) is 11.1 Å². The van der Waals surface area contributed by atoms with E-state index in [1.54, 1.807) is 0 Å². The SMILES string of the molecule is CC(C)(C)C(=O)N1CCN(Cc2cnc(N)s2)CC1. The maximum Gasteiger partial charge on any atom is 0.228 e. The molecule has 1 aliphatic heterocycles. The minimum absolute atomic E-state index is 0.245. The number of anilines is 1. The number of carbonyl (C=O) groups excluding carboxylic acids is 1. The minimum atomic E-state index is -0.283. The summed E-state index contributed by atoms with van der Waals surface area (Å²) in [6, 6.07) is 0. The van der Waals surface area contributed by atoms with E-state index in [2.05, 4.69) is 9.88 Å². The second-order valence-electron chi connectivity index (χ2n) is 5.98. The zero-order chi connectivity index (χ0) is 14.0. The number of hydrogen-bond acceptors (Lipinski definition) is 5. The van der Waals surface area contributed by atoms with Gasteiger partial charge in [0.05, 0.1) is 0 Å². The van der Waals surface area contributed by atoms with Crippen molar-refractivity contribution in [1.82, 2.24) is 14.8 Å². The van der Waals surface area contributed by atoms with Crippen molar-refractivity contribution in [1.29, 1.82) is 0 Å². The van der Waals surface area contributed by atoms with Crippen LogP contribution in [0, 0.1) is 5.41 Å². The summed E-state index contributed by atoms with van der Waals surface area (Å²) in [6.45, 7) is 10.3. The largest absolute Gasteiger partial charge is 0.375 e. The van der Waals surface area contributed by atoms with Crippen LogP contribution in [0.4, 0.5) is 5.13 Å². The number of thiazole rings is 1. The van der Waals surface area contributed by atoms with Crippen LogP contribution in [0.25, 0.3) is 0 Å². The molecular formula is C13H22N4OS. The van der Waals surface area contributed by atoms with E-state index in [0.29, 0.717) is 5.13 Å². The molecule has 0 saturated carbocycles. The number of nitrogens with two attached hydrogens (primary N) is 1. The Morgan fingerprint density at radius 3 is 2.47 bits per heavy atom. The molecule has 1 amide bonds. The third kappa shape index (κ3) is 3.67. The first-order chi connectivity index (χ1) is 8.86. The maximum atomic E-state index is 12.2. The normalized spacial score (nSPS) is 17.7. The highest BCUT2D eigenvalue weighted by atomic mass is 32.1. The van der Waals surface area contributed by atoms with Crippen molar-refractivity contribution in [2.75, 3.05) is 31.9 Å². The Labute approximate surface area is 118 Å². The van der Waals surface area contributed by atoms with Crippen molar-refractivity contribution < 1.29 is 4.79 Å². The molecule has 0 aromatic carbocycles. The van der Waals surface area contributed by atoms with Gasteiger partial charge in [0.2, 0.25) is 5.91 Å². The van der Waals surface area contributed by atoms with Gasteiger partial charge in [-0.1, -0.05) is 20.8 Å². The Morgan fingerprint density at radius 1 is 1.37 bits per heavy atom. The molecule has 1 fully saturated rings. The molecule has 1 saturated heterocycles. The van der Waals surface area contributed by atoms with Crippen LogP contribution in [0.5, 0.6) is 0 Å². The predicted molar refractivity (Wildman–Crippen MR) is 77.8 cm³/mol. The van der Waals surface area contributed by atoms with Crippen molar-refractivity contribution in [2.45, 2.75) is 27.3 Å². The van der Waals surface area contributed by atoms with Crippen LogP contribution in [0.2, 0.25) is 0 Å². The van der Waals surface area contributed by atoms with Crippen molar-refractivity contribution >= 4 is 22.4 Å². The van der Waals surface area contributed by atoms with Crippen LogP contribution >= 0.6 is 11.3 Å². The smallest absolute Gasteiger partial charge is 0.228 e. The number of rotatable bonds is 2. The van der Waals surface area contributed by atoms with Gasteiger partial charge in [-0.2, -0.15) is 0 Å². The molecule has 0 aliphatic carbocycles. The van der Waals surface area contributed by atoms with Crippen molar-refractivity contribution in [3.63, 3.8) is 0 Å². The van der Waals surface area contributed by atoms with Gasteiger partial charge >= 0.3 is 0 Å². The Morgan fingerprint density at radius 2 is 2.00 bits per heavy atom. The lowest BCUT2D eigenvalue weighted by molar-refractivity contribution is -0.141. The van der Waals surface area contributed by atoms with Crippen LogP contribution < -0.4 is 5.73 Å². The number of piperazine rings is 1. The third-order valence-corrected chi connectivity index (χ3v) is 4.06. The fraction of sp³-hybridized carbons (Fsp3) is 0.692. The molecule has 0 bridgehead atoms. The van der Waals surface area contributed by atoms with E-state index in [4.69, 9.17) is 5.73 Å². The van der Waals surface area contributed by atoms with E-state index in [1.807, 2.05) is 31.9 Å². The highest BCUT2D eigenvalue weighted by Gasteiger charge is 2.29. The molecule has 1 aliphatic rings. The molecule has 2 N–H and O–H groups in total. The molecule has 1 aromatic rings.